The van der Waals surface area contributed by atoms with E-state index in [0.717, 1.165) is 37.9 Å². The van der Waals surface area contributed by atoms with Crippen molar-refractivity contribution in [3.05, 3.63) is 0 Å². The number of fused-ring (bicyclic) bond motifs is 2. The number of piperidine rings is 1. The minimum atomic E-state index is 0.648. The number of nitrogens with one attached hydrogen (secondary N) is 1. The molecule has 112 valence electrons. The molecule has 3 nitrogen and oxygen atoms in total. The summed E-state index contributed by atoms with van der Waals surface area (Å²) in [6, 6.07) is 2.38. The van der Waals surface area contributed by atoms with Crippen LogP contribution in [-0.2, 0) is 4.74 Å². The summed E-state index contributed by atoms with van der Waals surface area (Å²) >= 11 is 0. The molecular weight excluding hydrogens is 236 g/mol. The number of nitrogens with zero attached hydrogens (tertiary/aromatic N) is 1. The number of hydrogen-bond acceptors (Lipinski definition) is 3. The first kappa shape index (κ1) is 15.3. The van der Waals surface area contributed by atoms with E-state index in [9.17, 15) is 0 Å². The summed E-state index contributed by atoms with van der Waals surface area (Å²) in [6.07, 6.45) is 6.74. The van der Waals surface area contributed by atoms with Gasteiger partial charge in [-0.15, -0.1) is 0 Å². The van der Waals surface area contributed by atoms with Crippen LogP contribution < -0.4 is 5.32 Å². The standard InChI is InChI=1S/C16H32N2O/c1-4-7-18(8-9-19-12-13(2)3)16-10-14-5-6-15(11-16)17-14/h13-17H,4-12H2,1-3H3. The molecule has 19 heavy (non-hydrogen) atoms. The van der Waals surface area contributed by atoms with Gasteiger partial charge in [-0.25, -0.2) is 0 Å². The van der Waals surface area contributed by atoms with Gasteiger partial charge in [0.15, 0.2) is 0 Å². The maximum atomic E-state index is 5.77. The maximum Gasteiger partial charge on any atom is 0.0593 e. The molecule has 3 heteroatoms. The van der Waals surface area contributed by atoms with Gasteiger partial charge in [0.1, 0.15) is 0 Å². The lowest BCUT2D eigenvalue weighted by atomic mass is 9.98. The van der Waals surface area contributed by atoms with E-state index in [-0.39, 0.29) is 0 Å². The molecule has 1 N–H and O–H groups in total. The Morgan fingerprint density at radius 2 is 1.84 bits per heavy atom. The van der Waals surface area contributed by atoms with Crippen LogP contribution in [0.2, 0.25) is 0 Å². The Hall–Kier alpha value is -0.120. The van der Waals surface area contributed by atoms with Gasteiger partial charge in [0, 0.05) is 31.3 Å². The summed E-state index contributed by atoms with van der Waals surface area (Å²) in [5.41, 5.74) is 0. The van der Waals surface area contributed by atoms with Gasteiger partial charge in [-0.05, 0) is 44.6 Å². The van der Waals surface area contributed by atoms with Gasteiger partial charge in [0.05, 0.1) is 6.61 Å². The fourth-order valence-corrected chi connectivity index (χ4v) is 3.59. The smallest absolute Gasteiger partial charge is 0.0593 e. The summed E-state index contributed by atoms with van der Waals surface area (Å²) < 4.78 is 5.77. The molecule has 0 aromatic rings. The molecule has 0 amide bonds. The molecule has 0 aliphatic carbocycles. The van der Waals surface area contributed by atoms with Crippen molar-refractivity contribution in [2.45, 2.75) is 71.0 Å². The summed E-state index contributed by atoms with van der Waals surface area (Å²) in [6.45, 7) is 10.9. The average molecular weight is 268 g/mol. The van der Waals surface area contributed by atoms with E-state index in [4.69, 9.17) is 4.74 Å². The lowest BCUT2D eigenvalue weighted by molar-refractivity contribution is 0.0606. The molecule has 0 spiro atoms. The summed E-state index contributed by atoms with van der Waals surface area (Å²) in [5, 5.41) is 3.74. The second kappa shape index (κ2) is 7.61. The average Bonchev–Trinajstić information content (AvgIpc) is 2.72. The Kier molecular flexibility index (Phi) is 6.11. The largest absolute Gasteiger partial charge is 0.380 e. The summed E-state index contributed by atoms with van der Waals surface area (Å²) in [5.74, 6) is 0.648. The Bertz CT molecular complexity index is 245. The molecular formula is C16H32N2O. The first-order valence-electron chi connectivity index (χ1n) is 8.26. The Balaban J connectivity index is 1.75. The Morgan fingerprint density at radius 3 is 2.42 bits per heavy atom. The van der Waals surface area contributed by atoms with Gasteiger partial charge in [-0.3, -0.25) is 4.90 Å². The van der Waals surface area contributed by atoms with Crippen LogP contribution in [0.4, 0.5) is 0 Å². The SMILES string of the molecule is CCCN(CCOCC(C)C)C1CC2CCC(C1)N2. The van der Waals surface area contributed by atoms with Crippen LogP contribution in [0.25, 0.3) is 0 Å². The number of hydrogen-bond donors (Lipinski definition) is 1. The van der Waals surface area contributed by atoms with E-state index in [0.29, 0.717) is 5.92 Å². The lowest BCUT2D eigenvalue weighted by Crippen LogP contribution is -2.49. The molecule has 2 bridgehead atoms. The molecule has 0 aromatic carbocycles. The van der Waals surface area contributed by atoms with Gasteiger partial charge < -0.3 is 10.1 Å². The third-order valence-corrected chi connectivity index (χ3v) is 4.45. The molecule has 0 saturated carbocycles. The Morgan fingerprint density at radius 1 is 1.16 bits per heavy atom. The normalized spacial score (nSPS) is 30.5. The Labute approximate surface area is 119 Å². The monoisotopic (exact) mass is 268 g/mol. The van der Waals surface area contributed by atoms with Crippen molar-refractivity contribution < 1.29 is 4.74 Å². The topological polar surface area (TPSA) is 24.5 Å². The molecule has 2 rings (SSSR count). The molecule has 2 fully saturated rings. The zero-order valence-corrected chi connectivity index (χ0v) is 13.0. The molecule has 2 unspecified atom stereocenters. The number of rotatable bonds is 8. The first-order valence-corrected chi connectivity index (χ1v) is 8.26. The van der Waals surface area contributed by atoms with Crippen molar-refractivity contribution in [1.29, 1.82) is 0 Å². The minimum Gasteiger partial charge on any atom is -0.380 e. The lowest BCUT2D eigenvalue weighted by Gasteiger charge is -2.37. The van der Waals surface area contributed by atoms with Crippen molar-refractivity contribution in [3.63, 3.8) is 0 Å². The van der Waals surface area contributed by atoms with Crippen LogP contribution in [0.5, 0.6) is 0 Å². The third kappa shape index (κ3) is 4.73. The second-order valence-electron chi connectivity index (χ2n) is 6.77. The summed E-state index contributed by atoms with van der Waals surface area (Å²) in [4.78, 5) is 2.69. The van der Waals surface area contributed by atoms with E-state index in [1.54, 1.807) is 0 Å². The van der Waals surface area contributed by atoms with Crippen LogP contribution in [0.15, 0.2) is 0 Å². The van der Waals surface area contributed by atoms with Crippen LogP contribution in [0.3, 0.4) is 0 Å². The van der Waals surface area contributed by atoms with Crippen molar-refractivity contribution in [2.75, 3.05) is 26.3 Å². The van der Waals surface area contributed by atoms with Crippen molar-refractivity contribution in [1.82, 2.24) is 10.2 Å². The highest BCUT2D eigenvalue weighted by Gasteiger charge is 2.35. The van der Waals surface area contributed by atoms with E-state index in [1.165, 1.54) is 38.6 Å². The van der Waals surface area contributed by atoms with Crippen molar-refractivity contribution in [3.8, 4) is 0 Å². The fourth-order valence-electron chi connectivity index (χ4n) is 3.59. The molecule has 0 aromatic heterocycles. The molecule has 2 aliphatic rings. The van der Waals surface area contributed by atoms with Crippen molar-refractivity contribution in [2.24, 2.45) is 5.92 Å². The second-order valence-corrected chi connectivity index (χ2v) is 6.77. The van der Waals surface area contributed by atoms with Crippen LogP contribution in [-0.4, -0.2) is 49.3 Å². The molecule has 2 heterocycles. The van der Waals surface area contributed by atoms with Crippen LogP contribution in [0, 0.1) is 5.92 Å². The van der Waals surface area contributed by atoms with E-state index >= 15 is 0 Å². The quantitative estimate of drug-likeness (QED) is 0.685. The molecule has 0 radical (unpaired) electrons. The number of ether oxygens (including phenoxy) is 1. The van der Waals surface area contributed by atoms with Gasteiger partial charge in [-0.2, -0.15) is 0 Å². The predicted octanol–water partition coefficient (Wildman–Crippen LogP) is 2.65. The summed E-state index contributed by atoms with van der Waals surface area (Å²) in [7, 11) is 0. The molecule has 2 saturated heterocycles. The van der Waals surface area contributed by atoms with Crippen molar-refractivity contribution >= 4 is 0 Å². The van der Waals surface area contributed by atoms with E-state index in [2.05, 4.69) is 31.0 Å². The molecule has 2 aliphatic heterocycles. The van der Waals surface area contributed by atoms with Gasteiger partial charge in [0.2, 0.25) is 0 Å². The molecule has 2 atom stereocenters. The van der Waals surface area contributed by atoms with E-state index < -0.39 is 0 Å². The highest BCUT2D eigenvalue weighted by atomic mass is 16.5. The highest BCUT2D eigenvalue weighted by molar-refractivity contribution is 4.95. The third-order valence-electron chi connectivity index (χ3n) is 4.45. The highest BCUT2D eigenvalue weighted by Crippen LogP contribution is 2.29. The maximum absolute atomic E-state index is 5.77. The van der Waals surface area contributed by atoms with Crippen LogP contribution >= 0.6 is 0 Å². The van der Waals surface area contributed by atoms with Gasteiger partial charge in [-0.1, -0.05) is 20.8 Å². The fraction of sp³-hybridized carbons (Fsp3) is 1.00. The van der Waals surface area contributed by atoms with E-state index in [1.807, 2.05) is 0 Å². The van der Waals surface area contributed by atoms with Gasteiger partial charge in [0.25, 0.3) is 0 Å². The van der Waals surface area contributed by atoms with Crippen LogP contribution in [0.1, 0.15) is 52.9 Å². The zero-order chi connectivity index (χ0) is 13.7. The van der Waals surface area contributed by atoms with Gasteiger partial charge >= 0.3 is 0 Å². The zero-order valence-electron chi connectivity index (χ0n) is 13.0. The minimum absolute atomic E-state index is 0.648. The first-order chi connectivity index (χ1) is 9.19. The predicted molar refractivity (Wildman–Crippen MR) is 80.5 cm³/mol.